The number of aliphatic hydroxyl groups excluding tert-OH is 1. The van der Waals surface area contributed by atoms with Gasteiger partial charge >= 0.3 is 0 Å². The van der Waals surface area contributed by atoms with Crippen molar-refractivity contribution in [2.75, 3.05) is 0 Å². The third-order valence-electron chi connectivity index (χ3n) is 9.23. The average Bonchev–Trinajstić information content (AvgIpc) is 3.07. The number of nitrogens with zero attached hydrogens (tertiary/aromatic N) is 1. The predicted molar refractivity (Wildman–Crippen MR) is 122 cm³/mol. The van der Waals surface area contributed by atoms with Crippen molar-refractivity contribution in [1.29, 1.82) is 0 Å². The molecular weight excluding hydrogens is 378 g/mol. The molecule has 5 rings (SSSR count). The fourth-order valence-corrected chi connectivity index (χ4v) is 7.98. The normalized spacial score (nSPS) is 43.2. The Balaban J connectivity index is 0.000000994. The molecule has 1 aromatic heterocycles. The molecule has 0 saturated heterocycles. The summed E-state index contributed by atoms with van der Waals surface area (Å²) in [4.78, 5) is 4.35. The number of halogens is 1. The van der Waals surface area contributed by atoms with Gasteiger partial charge in [-0.1, -0.05) is 45.4 Å². The zero-order valence-corrected chi connectivity index (χ0v) is 19.4. The Morgan fingerprint density at radius 3 is 2.59 bits per heavy atom. The van der Waals surface area contributed by atoms with Crippen LogP contribution < -0.4 is 0 Å². The van der Waals surface area contributed by atoms with Crippen LogP contribution in [0.2, 0.25) is 5.02 Å². The van der Waals surface area contributed by atoms with Gasteiger partial charge in [-0.15, -0.1) is 0 Å². The van der Waals surface area contributed by atoms with E-state index in [0.717, 1.165) is 41.5 Å². The zero-order valence-electron chi connectivity index (χ0n) is 18.6. The van der Waals surface area contributed by atoms with Crippen LogP contribution in [-0.4, -0.2) is 16.2 Å². The first-order valence-electron chi connectivity index (χ1n) is 11.9. The Labute approximate surface area is 182 Å². The fraction of sp³-hybridized carbons (Fsp3) is 0.731. The second kappa shape index (κ2) is 8.00. The summed E-state index contributed by atoms with van der Waals surface area (Å²) in [5, 5.41) is 10.9. The number of aliphatic hydroxyl groups is 1. The molecule has 0 aliphatic heterocycles. The maximum atomic E-state index is 10.2. The zero-order chi connectivity index (χ0) is 20.8. The smallest absolute Gasteiger partial charge is 0.0595 e. The van der Waals surface area contributed by atoms with E-state index < -0.39 is 0 Å². The third-order valence-corrected chi connectivity index (χ3v) is 9.44. The minimum Gasteiger partial charge on any atom is -0.393 e. The first-order valence-corrected chi connectivity index (χ1v) is 12.3. The van der Waals surface area contributed by atoms with Crippen molar-refractivity contribution in [3.05, 3.63) is 35.1 Å². The molecule has 4 aliphatic carbocycles. The standard InChI is InChI=1S/C24H32ClNO.C2H6/c1-23-9-7-18(27)12-16(23)3-4-19-21-6-5-20(15-11-17(25)14-26-13-15)24(21,2)10-8-22(19)23;1-2/h5,11,13-14,16,18-19,21-22,27H,3-4,6-10,12H2,1-2H3;1-2H3. The number of rotatable bonds is 1. The van der Waals surface area contributed by atoms with Crippen LogP contribution in [0.4, 0.5) is 0 Å². The van der Waals surface area contributed by atoms with E-state index in [4.69, 9.17) is 11.6 Å². The van der Waals surface area contributed by atoms with E-state index in [1.807, 2.05) is 20.0 Å². The lowest BCUT2D eigenvalue weighted by atomic mass is 9.44. The Bertz CT molecular complexity index is 776. The Morgan fingerprint density at radius 1 is 1.03 bits per heavy atom. The van der Waals surface area contributed by atoms with Crippen molar-refractivity contribution in [1.82, 2.24) is 4.98 Å². The molecule has 0 bridgehead atoms. The minimum absolute atomic E-state index is 0.0523. The first-order chi connectivity index (χ1) is 13.9. The molecule has 3 heteroatoms. The highest BCUT2D eigenvalue weighted by Crippen LogP contribution is 2.67. The monoisotopic (exact) mass is 415 g/mol. The quantitative estimate of drug-likeness (QED) is 0.527. The van der Waals surface area contributed by atoms with E-state index in [2.05, 4.69) is 31.0 Å². The van der Waals surface area contributed by atoms with Gasteiger partial charge in [-0.05, 0) is 103 Å². The number of allylic oxidation sites excluding steroid dienone is 2. The predicted octanol–water partition coefficient (Wildman–Crippen LogP) is 7.16. The lowest BCUT2D eigenvalue weighted by molar-refractivity contribution is -0.115. The molecule has 3 saturated carbocycles. The van der Waals surface area contributed by atoms with E-state index in [-0.39, 0.29) is 11.5 Å². The molecule has 0 radical (unpaired) electrons. The molecule has 4 aliphatic rings. The number of hydrogen-bond donors (Lipinski definition) is 1. The lowest BCUT2D eigenvalue weighted by Gasteiger charge is -2.60. The van der Waals surface area contributed by atoms with Crippen molar-refractivity contribution < 1.29 is 5.11 Å². The van der Waals surface area contributed by atoms with E-state index in [9.17, 15) is 5.11 Å². The summed E-state index contributed by atoms with van der Waals surface area (Å²) in [6, 6.07) is 2.10. The van der Waals surface area contributed by atoms with Crippen LogP contribution in [0, 0.1) is 34.5 Å². The van der Waals surface area contributed by atoms with Crippen molar-refractivity contribution in [3.8, 4) is 0 Å². The molecule has 0 aromatic carbocycles. The van der Waals surface area contributed by atoms with Gasteiger partial charge in [0.05, 0.1) is 11.1 Å². The van der Waals surface area contributed by atoms with Crippen molar-refractivity contribution in [2.24, 2.45) is 34.5 Å². The molecule has 1 N–H and O–H groups in total. The Morgan fingerprint density at radius 2 is 1.83 bits per heavy atom. The van der Waals surface area contributed by atoms with Gasteiger partial charge in [-0.2, -0.15) is 0 Å². The average molecular weight is 416 g/mol. The fourth-order valence-electron chi connectivity index (χ4n) is 7.81. The van der Waals surface area contributed by atoms with E-state index in [1.165, 1.54) is 49.7 Å². The molecule has 1 heterocycles. The van der Waals surface area contributed by atoms with Gasteiger partial charge in [0.1, 0.15) is 0 Å². The number of pyridine rings is 1. The van der Waals surface area contributed by atoms with Crippen molar-refractivity contribution in [3.63, 3.8) is 0 Å². The van der Waals surface area contributed by atoms with Crippen molar-refractivity contribution >= 4 is 17.2 Å². The number of fused-ring (bicyclic) bond motifs is 5. The molecular formula is C26H38ClNO. The van der Waals surface area contributed by atoms with Gasteiger partial charge in [-0.3, -0.25) is 4.98 Å². The Kier molecular flexibility index (Phi) is 5.90. The van der Waals surface area contributed by atoms with E-state index >= 15 is 0 Å². The summed E-state index contributed by atoms with van der Waals surface area (Å²) in [7, 11) is 0. The molecule has 2 nitrogen and oxygen atoms in total. The summed E-state index contributed by atoms with van der Waals surface area (Å²) in [6.07, 6.45) is 16.0. The third kappa shape index (κ3) is 3.39. The molecule has 7 atom stereocenters. The van der Waals surface area contributed by atoms with Gasteiger partial charge in [0.25, 0.3) is 0 Å². The maximum Gasteiger partial charge on any atom is 0.0595 e. The van der Waals surface area contributed by atoms with Crippen LogP contribution in [0.5, 0.6) is 0 Å². The lowest BCUT2D eigenvalue weighted by Crippen LogP contribution is -2.53. The maximum absolute atomic E-state index is 10.2. The Hall–Kier alpha value is -0.860. The SMILES string of the molecule is CC.CC12CCC3C(CCC4CC(O)CCC43C)C1CC=C2c1cncc(Cl)c1. The second-order valence-electron chi connectivity index (χ2n) is 10.3. The highest BCUT2D eigenvalue weighted by molar-refractivity contribution is 6.30. The molecule has 3 fully saturated rings. The highest BCUT2D eigenvalue weighted by atomic mass is 35.5. The molecule has 7 unspecified atom stereocenters. The van der Waals surface area contributed by atoms with Crippen LogP contribution in [0.25, 0.3) is 5.57 Å². The van der Waals surface area contributed by atoms with Crippen LogP contribution in [0.1, 0.15) is 84.6 Å². The van der Waals surface area contributed by atoms with Crippen LogP contribution in [0.3, 0.4) is 0 Å². The minimum atomic E-state index is -0.0523. The number of aromatic nitrogens is 1. The molecule has 0 amide bonds. The molecule has 0 spiro atoms. The number of hydrogen-bond acceptors (Lipinski definition) is 2. The summed E-state index contributed by atoms with van der Waals surface area (Å²) in [6.45, 7) is 9.07. The van der Waals surface area contributed by atoms with Gasteiger partial charge in [-0.25, -0.2) is 0 Å². The summed E-state index contributed by atoms with van der Waals surface area (Å²) >= 11 is 6.25. The van der Waals surface area contributed by atoms with Gasteiger partial charge in [0, 0.05) is 12.4 Å². The van der Waals surface area contributed by atoms with Crippen LogP contribution >= 0.6 is 11.6 Å². The summed E-state index contributed by atoms with van der Waals surface area (Å²) in [5.41, 5.74) is 3.44. The highest BCUT2D eigenvalue weighted by Gasteiger charge is 2.58. The van der Waals surface area contributed by atoms with Gasteiger partial charge < -0.3 is 5.11 Å². The van der Waals surface area contributed by atoms with Crippen molar-refractivity contribution in [2.45, 2.75) is 85.2 Å². The second-order valence-corrected chi connectivity index (χ2v) is 10.7. The van der Waals surface area contributed by atoms with Crippen LogP contribution in [-0.2, 0) is 0 Å². The molecule has 1 aromatic rings. The van der Waals surface area contributed by atoms with Gasteiger partial charge in [0.2, 0.25) is 0 Å². The van der Waals surface area contributed by atoms with E-state index in [0.29, 0.717) is 5.41 Å². The topological polar surface area (TPSA) is 33.1 Å². The van der Waals surface area contributed by atoms with Crippen LogP contribution in [0.15, 0.2) is 24.5 Å². The first kappa shape index (κ1) is 21.4. The van der Waals surface area contributed by atoms with Gasteiger partial charge in [0.15, 0.2) is 0 Å². The summed E-state index contributed by atoms with van der Waals surface area (Å²) < 4.78 is 0. The molecule has 160 valence electrons. The molecule has 29 heavy (non-hydrogen) atoms. The summed E-state index contributed by atoms with van der Waals surface area (Å²) in [5.74, 6) is 3.17. The van der Waals surface area contributed by atoms with E-state index in [1.54, 1.807) is 6.20 Å². The largest absolute Gasteiger partial charge is 0.393 e.